The first-order valence-electron chi connectivity index (χ1n) is 8.71. The van der Waals surface area contributed by atoms with Crippen molar-refractivity contribution >= 4 is 11.8 Å². The first kappa shape index (κ1) is 14.9. The van der Waals surface area contributed by atoms with Crippen LogP contribution in [0.5, 0.6) is 0 Å². The average Bonchev–Trinajstić information content (AvgIpc) is 3.28. The molecule has 0 radical (unpaired) electrons. The Hall–Kier alpha value is -1.06. The molecule has 2 amide bonds. The largest absolute Gasteiger partial charge is 0.344 e. The van der Waals surface area contributed by atoms with Crippen LogP contribution >= 0.6 is 0 Å². The third-order valence-electron chi connectivity index (χ3n) is 5.45. The standard InChI is InChI=1S/C17H28N2O2/c1-12-3-2-4-13(11-12)7-9-19-10-8-15(20)18-16(17(19)21)14-5-6-14/h12-14,16H,2-11H2,1H3,(H,18,20). The summed E-state index contributed by atoms with van der Waals surface area (Å²) in [5.41, 5.74) is 0. The zero-order valence-electron chi connectivity index (χ0n) is 13.1. The highest BCUT2D eigenvalue weighted by Gasteiger charge is 2.40. The second-order valence-corrected chi connectivity index (χ2v) is 7.38. The molecule has 2 aliphatic carbocycles. The van der Waals surface area contributed by atoms with Crippen LogP contribution in [0.25, 0.3) is 0 Å². The SMILES string of the molecule is CC1CCCC(CCN2CCC(=O)NC(C3CC3)C2=O)C1. The molecule has 4 nitrogen and oxygen atoms in total. The predicted molar refractivity (Wildman–Crippen MR) is 81.6 cm³/mol. The van der Waals surface area contributed by atoms with Gasteiger partial charge >= 0.3 is 0 Å². The Morgan fingerprint density at radius 3 is 2.71 bits per heavy atom. The van der Waals surface area contributed by atoms with Gasteiger partial charge in [-0.1, -0.05) is 26.2 Å². The lowest BCUT2D eigenvalue weighted by atomic mass is 9.81. The fourth-order valence-corrected chi connectivity index (χ4v) is 3.98. The fourth-order valence-electron chi connectivity index (χ4n) is 3.98. The Labute approximate surface area is 127 Å². The van der Waals surface area contributed by atoms with Gasteiger partial charge in [0.1, 0.15) is 6.04 Å². The third-order valence-corrected chi connectivity index (χ3v) is 5.45. The number of nitrogens with one attached hydrogen (secondary N) is 1. The maximum absolute atomic E-state index is 12.6. The van der Waals surface area contributed by atoms with Crippen LogP contribution < -0.4 is 5.32 Å². The van der Waals surface area contributed by atoms with Crippen LogP contribution in [-0.4, -0.2) is 35.8 Å². The van der Waals surface area contributed by atoms with Crippen molar-refractivity contribution in [3.05, 3.63) is 0 Å². The van der Waals surface area contributed by atoms with Crippen LogP contribution in [0.3, 0.4) is 0 Å². The molecule has 118 valence electrons. The van der Waals surface area contributed by atoms with E-state index in [0.717, 1.165) is 37.6 Å². The summed E-state index contributed by atoms with van der Waals surface area (Å²) in [6.07, 6.45) is 9.08. The van der Waals surface area contributed by atoms with Crippen molar-refractivity contribution in [1.29, 1.82) is 0 Å². The quantitative estimate of drug-likeness (QED) is 0.864. The molecule has 21 heavy (non-hydrogen) atoms. The number of hydrogen-bond donors (Lipinski definition) is 1. The van der Waals surface area contributed by atoms with Gasteiger partial charge in [0.05, 0.1) is 0 Å². The summed E-state index contributed by atoms with van der Waals surface area (Å²) in [5.74, 6) is 2.23. The summed E-state index contributed by atoms with van der Waals surface area (Å²) < 4.78 is 0. The highest BCUT2D eigenvalue weighted by molar-refractivity contribution is 5.90. The number of carbonyl (C=O) groups excluding carboxylic acids is 2. The van der Waals surface area contributed by atoms with Crippen molar-refractivity contribution in [2.45, 2.75) is 64.3 Å². The molecule has 1 heterocycles. The molecule has 0 aromatic carbocycles. The van der Waals surface area contributed by atoms with Gasteiger partial charge < -0.3 is 10.2 Å². The van der Waals surface area contributed by atoms with E-state index in [1.807, 2.05) is 4.90 Å². The predicted octanol–water partition coefficient (Wildman–Crippen LogP) is 2.33. The van der Waals surface area contributed by atoms with Gasteiger partial charge in [0.2, 0.25) is 11.8 Å². The van der Waals surface area contributed by atoms with E-state index in [-0.39, 0.29) is 17.9 Å². The van der Waals surface area contributed by atoms with Gasteiger partial charge in [0, 0.05) is 19.5 Å². The highest BCUT2D eigenvalue weighted by Crippen LogP contribution is 2.35. The van der Waals surface area contributed by atoms with Gasteiger partial charge in [-0.05, 0) is 43.4 Å². The molecular weight excluding hydrogens is 264 g/mol. The monoisotopic (exact) mass is 292 g/mol. The van der Waals surface area contributed by atoms with Crippen LogP contribution in [0.2, 0.25) is 0 Å². The molecule has 3 aliphatic rings. The van der Waals surface area contributed by atoms with Crippen molar-refractivity contribution in [3.8, 4) is 0 Å². The van der Waals surface area contributed by atoms with Gasteiger partial charge in [-0.25, -0.2) is 0 Å². The zero-order chi connectivity index (χ0) is 14.8. The minimum Gasteiger partial charge on any atom is -0.344 e. The topological polar surface area (TPSA) is 49.4 Å². The van der Waals surface area contributed by atoms with Gasteiger partial charge in [-0.15, -0.1) is 0 Å². The molecule has 0 spiro atoms. The highest BCUT2D eigenvalue weighted by atomic mass is 16.2. The number of nitrogens with zero attached hydrogens (tertiary/aromatic N) is 1. The number of amides is 2. The lowest BCUT2D eigenvalue weighted by Gasteiger charge is -2.30. The lowest BCUT2D eigenvalue weighted by molar-refractivity contribution is -0.134. The molecular formula is C17H28N2O2. The minimum absolute atomic E-state index is 0.0500. The van der Waals surface area contributed by atoms with Crippen LogP contribution in [0.1, 0.15) is 58.3 Å². The summed E-state index contributed by atoms with van der Waals surface area (Å²) in [7, 11) is 0. The van der Waals surface area contributed by atoms with Crippen molar-refractivity contribution < 1.29 is 9.59 Å². The Balaban J connectivity index is 1.55. The molecule has 1 aliphatic heterocycles. The van der Waals surface area contributed by atoms with Gasteiger partial charge in [-0.2, -0.15) is 0 Å². The van der Waals surface area contributed by atoms with Gasteiger partial charge in [0.15, 0.2) is 0 Å². The number of hydrogen-bond acceptors (Lipinski definition) is 2. The Morgan fingerprint density at radius 1 is 1.19 bits per heavy atom. The molecule has 3 atom stereocenters. The van der Waals surface area contributed by atoms with Crippen molar-refractivity contribution in [2.75, 3.05) is 13.1 Å². The smallest absolute Gasteiger partial charge is 0.245 e. The van der Waals surface area contributed by atoms with E-state index in [4.69, 9.17) is 0 Å². The van der Waals surface area contributed by atoms with Gasteiger partial charge in [0.25, 0.3) is 0 Å². The van der Waals surface area contributed by atoms with Crippen LogP contribution in [0.15, 0.2) is 0 Å². The Morgan fingerprint density at radius 2 is 2.00 bits per heavy atom. The Bertz CT molecular complexity index is 406. The zero-order valence-corrected chi connectivity index (χ0v) is 13.1. The van der Waals surface area contributed by atoms with E-state index in [1.165, 1.54) is 25.7 Å². The Kier molecular flexibility index (Phi) is 4.51. The molecule has 3 fully saturated rings. The molecule has 1 N–H and O–H groups in total. The summed E-state index contributed by atoms with van der Waals surface area (Å²) >= 11 is 0. The van der Waals surface area contributed by atoms with E-state index < -0.39 is 0 Å². The maximum atomic E-state index is 12.6. The normalized spacial score (nSPS) is 34.5. The first-order chi connectivity index (χ1) is 10.1. The molecule has 0 bridgehead atoms. The molecule has 4 heteroatoms. The van der Waals surface area contributed by atoms with Crippen molar-refractivity contribution in [3.63, 3.8) is 0 Å². The lowest BCUT2D eigenvalue weighted by Crippen LogP contribution is -2.46. The fraction of sp³-hybridized carbons (Fsp3) is 0.882. The first-order valence-corrected chi connectivity index (χ1v) is 8.71. The maximum Gasteiger partial charge on any atom is 0.245 e. The summed E-state index contributed by atoms with van der Waals surface area (Å²) in [4.78, 5) is 26.4. The average molecular weight is 292 g/mol. The van der Waals surface area contributed by atoms with Gasteiger partial charge in [-0.3, -0.25) is 9.59 Å². The van der Waals surface area contributed by atoms with Crippen LogP contribution in [-0.2, 0) is 9.59 Å². The molecule has 0 aromatic rings. The second-order valence-electron chi connectivity index (χ2n) is 7.38. The molecule has 2 saturated carbocycles. The van der Waals surface area contributed by atoms with E-state index in [0.29, 0.717) is 18.9 Å². The van der Waals surface area contributed by atoms with E-state index in [2.05, 4.69) is 12.2 Å². The van der Waals surface area contributed by atoms with E-state index >= 15 is 0 Å². The molecule has 0 aromatic heterocycles. The minimum atomic E-state index is -0.231. The van der Waals surface area contributed by atoms with Crippen molar-refractivity contribution in [1.82, 2.24) is 10.2 Å². The molecule has 3 unspecified atom stereocenters. The number of carbonyl (C=O) groups is 2. The number of rotatable bonds is 4. The second kappa shape index (κ2) is 6.37. The van der Waals surface area contributed by atoms with E-state index in [1.54, 1.807) is 0 Å². The third kappa shape index (κ3) is 3.78. The molecule has 1 saturated heterocycles. The summed E-state index contributed by atoms with van der Waals surface area (Å²) in [5, 5.41) is 2.94. The van der Waals surface area contributed by atoms with Crippen LogP contribution in [0.4, 0.5) is 0 Å². The van der Waals surface area contributed by atoms with Crippen LogP contribution in [0, 0.1) is 17.8 Å². The summed E-state index contributed by atoms with van der Waals surface area (Å²) in [6, 6.07) is -0.231. The van der Waals surface area contributed by atoms with E-state index in [9.17, 15) is 9.59 Å². The van der Waals surface area contributed by atoms with Crippen molar-refractivity contribution in [2.24, 2.45) is 17.8 Å². The summed E-state index contributed by atoms with van der Waals surface area (Å²) in [6.45, 7) is 3.79. The molecule has 3 rings (SSSR count).